The lowest BCUT2D eigenvalue weighted by atomic mass is 10.2. The predicted molar refractivity (Wildman–Crippen MR) is 72.3 cm³/mol. The first-order chi connectivity index (χ1) is 10.2. The van der Waals surface area contributed by atoms with Crippen LogP contribution in [0.5, 0.6) is 11.6 Å². The third kappa shape index (κ3) is 2.30. The molecule has 0 fully saturated rings. The number of halogens is 1. The molecule has 0 amide bonds. The van der Waals surface area contributed by atoms with E-state index < -0.39 is 5.82 Å². The highest BCUT2D eigenvalue weighted by Crippen LogP contribution is 2.28. The fourth-order valence-electron chi connectivity index (χ4n) is 2.01. The molecule has 0 radical (unpaired) electrons. The molecule has 0 aliphatic heterocycles. The maximum atomic E-state index is 13.8. The van der Waals surface area contributed by atoms with E-state index in [2.05, 4.69) is 4.98 Å². The Balaban J connectivity index is 2.04. The highest BCUT2D eigenvalue weighted by atomic mass is 19.1. The molecule has 0 saturated carbocycles. The summed E-state index contributed by atoms with van der Waals surface area (Å²) < 4.78 is 20.9. The fraction of sp³-hybridized carbons (Fsp3) is 0.0667. The van der Waals surface area contributed by atoms with Gasteiger partial charge in [0, 0.05) is 6.20 Å². The summed E-state index contributed by atoms with van der Waals surface area (Å²) in [5.41, 5.74) is 1.22. The molecule has 0 aliphatic carbocycles. The number of fused-ring (bicyclic) bond motifs is 1. The summed E-state index contributed by atoms with van der Waals surface area (Å²) in [5, 5.41) is 18.2. The summed E-state index contributed by atoms with van der Waals surface area (Å²) in [6, 6.07) is 11.1. The first-order valence-electron chi connectivity index (χ1n) is 6.17. The molecule has 0 unspecified atom stereocenters. The number of pyridine rings is 1. The van der Waals surface area contributed by atoms with Crippen LogP contribution in [-0.4, -0.2) is 14.5 Å². The van der Waals surface area contributed by atoms with Gasteiger partial charge in [-0.25, -0.2) is 4.39 Å². The van der Waals surface area contributed by atoms with E-state index in [1.54, 1.807) is 28.8 Å². The van der Waals surface area contributed by atoms with E-state index in [-0.39, 0.29) is 23.8 Å². The molecule has 0 saturated heterocycles. The lowest BCUT2D eigenvalue weighted by molar-refractivity contribution is 0.269. The number of imidazole rings is 1. The molecule has 5 nitrogen and oxygen atoms in total. The van der Waals surface area contributed by atoms with E-state index in [1.807, 2.05) is 6.07 Å². The zero-order valence-electron chi connectivity index (χ0n) is 10.8. The number of hydrogen-bond donors (Lipinski definition) is 1. The van der Waals surface area contributed by atoms with Gasteiger partial charge in [0.1, 0.15) is 11.3 Å². The van der Waals surface area contributed by atoms with Crippen LogP contribution >= 0.6 is 0 Å². The Morgan fingerprint density at radius 3 is 2.90 bits per heavy atom. The quantitative estimate of drug-likeness (QED) is 0.802. The van der Waals surface area contributed by atoms with Crippen LogP contribution in [0.15, 0.2) is 42.6 Å². The lowest BCUT2D eigenvalue weighted by Gasteiger charge is -2.05. The van der Waals surface area contributed by atoms with Gasteiger partial charge in [-0.15, -0.1) is 0 Å². The summed E-state index contributed by atoms with van der Waals surface area (Å²) in [4.78, 5) is 4.21. The molecule has 21 heavy (non-hydrogen) atoms. The average Bonchev–Trinajstić information content (AvgIpc) is 2.86. The minimum Gasteiger partial charge on any atom is -0.434 e. The highest BCUT2D eigenvalue weighted by Gasteiger charge is 2.15. The van der Waals surface area contributed by atoms with Gasteiger partial charge in [-0.2, -0.15) is 10.2 Å². The Hall–Kier alpha value is -2.91. The largest absolute Gasteiger partial charge is 0.434 e. The molecule has 0 aliphatic rings. The minimum atomic E-state index is -0.657. The first kappa shape index (κ1) is 13.1. The lowest BCUT2D eigenvalue weighted by Crippen LogP contribution is -1.96. The molecular formula is C15H10FN3O2. The van der Waals surface area contributed by atoms with Crippen molar-refractivity contribution in [2.45, 2.75) is 6.61 Å². The number of ether oxygens (including phenoxy) is 1. The van der Waals surface area contributed by atoms with Crippen molar-refractivity contribution in [3.05, 3.63) is 59.7 Å². The van der Waals surface area contributed by atoms with Crippen molar-refractivity contribution in [2.24, 2.45) is 0 Å². The molecule has 1 aromatic carbocycles. The summed E-state index contributed by atoms with van der Waals surface area (Å²) in [6.45, 7) is -0.293. The van der Waals surface area contributed by atoms with E-state index in [1.165, 1.54) is 12.1 Å². The molecule has 0 spiro atoms. The number of aliphatic hydroxyl groups excluding tert-OH is 1. The molecule has 3 aromatic rings. The molecule has 1 N–H and O–H groups in total. The van der Waals surface area contributed by atoms with Crippen molar-refractivity contribution in [1.29, 1.82) is 5.26 Å². The minimum absolute atomic E-state index is 0.0490. The van der Waals surface area contributed by atoms with E-state index in [4.69, 9.17) is 10.00 Å². The van der Waals surface area contributed by atoms with Crippen LogP contribution in [0.4, 0.5) is 4.39 Å². The molecule has 3 rings (SSSR count). The topological polar surface area (TPSA) is 70.5 Å². The number of rotatable bonds is 3. The first-order valence-corrected chi connectivity index (χ1v) is 6.17. The zero-order valence-corrected chi connectivity index (χ0v) is 10.8. The summed E-state index contributed by atoms with van der Waals surface area (Å²) in [7, 11) is 0. The number of benzene rings is 1. The Bertz CT molecular complexity index is 852. The second-order valence-electron chi connectivity index (χ2n) is 4.31. The fourth-order valence-corrected chi connectivity index (χ4v) is 2.01. The van der Waals surface area contributed by atoms with Gasteiger partial charge in [0.15, 0.2) is 11.6 Å². The third-order valence-electron chi connectivity index (χ3n) is 3.01. The molecule has 0 atom stereocenters. The summed E-state index contributed by atoms with van der Waals surface area (Å²) in [6.07, 6.45) is 1.73. The summed E-state index contributed by atoms with van der Waals surface area (Å²) >= 11 is 0. The van der Waals surface area contributed by atoms with Crippen molar-refractivity contribution >= 4 is 5.65 Å². The van der Waals surface area contributed by atoms with Gasteiger partial charge in [-0.3, -0.25) is 4.40 Å². The third-order valence-corrected chi connectivity index (χ3v) is 3.01. The van der Waals surface area contributed by atoms with Gasteiger partial charge in [0.2, 0.25) is 5.88 Å². The molecule has 2 heterocycles. The van der Waals surface area contributed by atoms with Crippen LogP contribution < -0.4 is 4.74 Å². The van der Waals surface area contributed by atoms with Gasteiger partial charge in [0.25, 0.3) is 0 Å². The standard InChI is InChI=1S/C15H10FN3O2/c16-11-7-10(8-17)4-5-13(11)21-15-12(9-20)19-6-2-1-3-14(19)18-15/h1-7,20H,9H2. The van der Waals surface area contributed by atoms with Crippen LogP contribution in [0, 0.1) is 17.1 Å². The van der Waals surface area contributed by atoms with E-state index in [0.29, 0.717) is 11.3 Å². The molecule has 2 aromatic heterocycles. The Morgan fingerprint density at radius 1 is 1.33 bits per heavy atom. The van der Waals surface area contributed by atoms with Crippen molar-refractivity contribution < 1.29 is 14.2 Å². The Kier molecular flexibility index (Phi) is 3.26. The van der Waals surface area contributed by atoms with Crippen molar-refractivity contribution in [1.82, 2.24) is 9.38 Å². The van der Waals surface area contributed by atoms with E-state index in [9.17, 15) is 9.50 Å². The zero-order chi connectivity index (χ0) is 14.8. The van der Waals surface area contributed by atoms with Crippen molar-refractivity contribution in [3.63, 3.8) is 0 Å². The van der Waals surface area contributed by atoms with E-state index in [0.717, 1.165) is 6.07 Å². The van der Waals surface area contributed by atoms with E-state index >= 15 is 0 Å². The maximum absolute atomic E-state index is 13.8. The molecule has 0 bridgehead atoms. The monoisotopic (exact) mass is 283 g/mol. The van der Waals surface area contributed by atoms with Crippen LogP contribution in [0.25, 0.3) is 5.65 Å². The second-order valence-corrected chi connectivity index (χ2v) is 4.31. The van der Waals surface area contributed by atoms with Gasteiger partial charge < -0.3 is 9.84 Å². The van der Waals surface area contributed by atoms with Gasteiger partial charge in [-0.1, -0.05) is 6.07 Å². The van der Waals surface area contributed by atoms with Crippen molar-refractivity contribution in [2.75, 3.05) is 0 Å². The maximum Gasteiger partial charge on any atom is 0.244 e. The van der Waals surface area contributed by atoms with Crippen LogP contribution in [-0.2, 0) is 6.61 Å². The van der Waals surface area contributed by atoms with Gasteiger partial charge >= 0.3 is 0 Å². The predicted octanol–water partition coefficient (Wildman–Crippen LogP) is 2.63. The second kappa shape index (κ2) is 5.23. The molecule has 6 heteroatoms. The van der Waals surface area contributed by atoms with Gasteiger partial charge in [0.05, 0.1) is 18.2 Å². The number of aromatic nitrogens is 2. The van der Waals surface area contributed by atoms with Crippen LogP contribution in [0.2, 0.25) is 0 Å². The molecular weight excluding hydrogens is 273 g/mol. The number of nitriles is 1. The van der Waals surface area contributed by atoms with Gasteiger partial charge in [-0.05, 0) is 30.3 Å². The number of hydrogen-bond acceptors (Lipinski definition) is 4. The summed E-state index contributed by atoms with van der Waals surface area (Å²) in [5.74, 6) is -0.575. The highest BCUT2D eigenvalue weighted by molar-refractivity contribution is 5.47. The smallest absolute Gasteiger partial charge is 0.244 e. The number of nitrogens with zero attached hydrogens (tertiary/aromatic N) is 3. The average molecular weight is 283 g/mol. The normalized spacial score (nSPS) is 10.5. The number of aliphatic hydroxyl groups is 1. The van der Waals surface area contributed by atoms with Crippen molar-refractivity contribution in [3.8, 4) is 17.7 Å². The van der Waals surface area contributed by atoms with Crippen LogP contribution in [0.1, 0.15) is 11.3 Å². The Morgan fingerprint density at radius 2 is 2.19 bits per heavy atom. The SMILES string of the molecule is N#Cc1ccc(Oc2nc3ccccn3c2CO)c(F)c1. The Labute approximate surface area is 119 Å². The van der Waals surface area contributed by atoms with Crippen LogP contribution in [0.3, 0.4) is 0 Å². The molecule has 104 valence electrons.